The minimum atomic E-state index is -0.305. The van der Waals surface area contributed by atoms with E-state index in [2.05, 4.69) is 10.6 Å². The first-order valence-corrected chi connectivity index (χ1v) is 7.46. The summed E-state index contributed by atoms with van der Waals surface area (Å²) < 4.78 is 18.8. The van der Waals surface area contributed by atoms with Crippen molar-refractivity contribution in [3.8, 4) is 5.75 Å². The van der Waals surface area contributed by atoms with E-state index >= 15 is 0 Å². The molecular weight excluding hydrogens is 271 g/mol. The predicted molar refractivity (Wildman–Crippen MR) is 79.6 cm³/mol. The third-order valence-electron chi connectivity index (χ3n) is 3.37. The number of carbonyl (C=O) groups is 1. The molecule has 0 aliphatic heterocycles. The van der Waals surface area contributed by atoms with E-state index in [4.69, 9.17) is 4.74 Å². The van der Waals surface area contributed by atoms with Gasteiger partial charge >= 0.3 is 0 Å². The van der Waals surface area contributed by atoms with Crippen LogP contribution in [0.15, 0.2) is 18.2 Å². The topological polar surface area (TPSA) is 50.4 Å². The van der Waals surface area contributed by atoms with Crippen LogP contribution < -0.4 is 15.4 Å². The Bertz CT molecular complexity index is 487. The molecule has 1 saturated carbocycles. The molecule has 2 rings (SSSR count). The van der Waals surface area contributed by atoms with Crippen LogP contribution in [0.25, 0.3) is 0 Å². The molecule has 116 valence electrons. The van der Waals surface area contributed by atoms with Crippen molar-refractivity contribution in [3.05, 3.63) is 29.6 Å². The summed E-state index contributed by atoms with van der Waals surface area (Å²) in [6.45, 7) is 5.24. The largest absolute Gasteiger partial charge is 0.483 e. The second-order valence-corrected chi connectivity index (χ2v) is 5.82. The molecule has 1 aromatic carbocycles. The Labute approximate surface area is 125 Å². The molecular formula is C16H23FN2O2. The van der Waals surface area contributed by atoms with Gasteiger partial charge in [-0.15, -0.1) is 0 Å². The molecule has 0 aromatic heterocycles. The summed E-state index contributed by atoms with van der Waals surface area (Å²) in [5, 5.41) is 6.06. The van der Waals surface area contributed by atoms with Crippen molar-refractivity contribution in [2.24, 2.45) is 5.92 Å². The van der Waals surface area contributed by atoms with Crippen LogP contribution in [0, 0.1) is 11.7 Å². The Morgan fingerprint density at radius 2 is 2.19 bits per heavy atom. The molecule has 1 aliphatic carbocycles. The zero-order chi connectivity index (χ0) is 15.2. The Kier molecular flexibility index (Phi) is 5.56. The van der Waals surface area contributed by atoms with Gasteiger partial charge in [0, 0.05) is 24.7 Å². The van der Waals surface area contributed by atoms with E-state index in [9.17, 15) is 9.18 Å². The minimum absolute atomic E-state index is 0.0347. The molecule has 0 bridgehead atoms. The van der Waals surface area contributed by atoms with Crippen molar-refractivity contribution in [2.45, 2.75) is 39.3 Å². The van der Waals surface area contributed by atoms with Crippen LogP contribution in [-0.4, -0.2) is 25.1 Å². The van der Waals surface area contributed by atoms with Gasteiger partial charge in [0.15, 0.2) is 6.61 Å². The number of halogens is 1. The maximum atomic E-state index is 13.3. The first-order chi connectivity index (χ1) is 10.0. The normalized spacial score (nSPS) is 14.3. The maximum absolute atomic E-state index is 13.3. The lowest BCUT2D eigenvalue weighted by Crippen LogP contribution is -2.30. The van der Waals surface area contributed by atoms with Gasteiger partial charge in [0.05, 0.1) is 0 Å². The van der Waals surface area contributed by atoms with Gasteiger partial charge in [-0.2, -0.15) is 0 Å². The van der Waals surface area contributed by atoms with Gasteiger partial charge in [-0.1, -0.05) is 13.8 Å². The lowest BCUT2D eigenvalue weighted by molar-refractivity contribution is -0.123. The van der Waals surface area contributed by atoms with Crippen LogP contribution in [-0.2, 0) is 11.3 Å². The molecule has 0 unspecified atom stereocenters. The van der Waals surface area contributed by atoms with Gasteiger partial charge in [0.2, 0.25) is 0 Å². The first-order valence-electron chi connectivity index (χ1n) is 7.46. The van der Waals surface area contributed by atoms with E-state index in [1.54, 1.807) is 6.07 Å². The smallest absolute Gasteiger partial charge is 0.257 e. The van der Waals surface area contributed by atoms with Crippen LogP contribution in [0.3, 0.4) is 0 Å². The highest BCUT2D eigenvalue weighted by atomic mass is 19.1. The highest BCUT2D eigenvalue weighted by Crippen LogP contribution is 2.27. The van der Waals surface area contributed by atoms with Crippen LogP contribution in [0.4, 0.5) is 4.39 Å². The van der Waals surface area contributed by atoms with E-state index in [0.717, 1.165) is 12.1 Å². The Hall–Kier alpha value is -1.62. The van der Waals surface area contributed by atoms with E-state index in [1.807, 2.05) is 13.8 Å². The standard InChI is InChI=1S/C16H23FN2O2/c1-11(2)18-9-13-7-14(17)5-6-15(13)21-10-16(20)19-8-12-3-4-12/h5-7,11-12,18H,3-4,8-10H2,1-2H3,(H,19,20). The lowest BCUT2D eigenvalue weighted by atomic mass is 10.2. The van der Waals surface area contributed by atoms with Gasteiger partial charge in [0.1, 0.15) is 11.6 Å². The molecule has 0 radical (unpaired) electrons. The average molecular weight is 294 g/mol. The van der Waals surface area contributed by atoms with Gasteiger partial charge in [-0.25, -0.2) is 4.39 Å². The zero-order valence-corrected chi connectivity index (χ0v) is 12.6. The van der Waals surface area contributed by atoms with Gasteiger partial charge in [0.25, 0.3) is 5.91 Å². The van der Waals surface area contributed by atoms with Crippen molar-refractivity contribution in [2.75, 3.05) is 13.2 Å². The Balaban J connectivity index is 1.86. The molecule has 0 atom stereocenters. The van der Waals surface area contributed by atoms with Crippen LogP contribution in [0.2, 0.25) is 0 Å². The molecule has 0 saturated heterocycles. The molecule has 5 heteroatoms. The van der Waals surface area contributed by atoms with E-state index in [1.165, 1.54) is 25.0 Å². The summed E-state index contributed by atoms with van der Waals surface area (Å²) in [5.74, 6) is 0.756. The van der Waals surface area contributed by atoms with E-state index in [-0.39, 0.29) is 18.3 Å². The fourth-order valence-electron chi connectivity index (χ4n) is 1.92. The third kappa shape index (κ3) is 5.71. The molecule has 0 heterocycles. The summed E-state index contributed by atoms with van der Waals surface area (Å²) in [6.07, 6.45) is 2.40. The Morgan fingerprint density at radius 3 is 2.86 bits per heavy atom. The highest BCUT2D eigenvalue weighted by Gasteiger charge is 2.21. The summed E-state index contributed by atoms with van der Waals surface area (Å²) >= 11 is 0. The number of benzene rings is 1. The van der Waals surface area contributed by atoms with E-state index < -0.39 is 0 Å². The Morgan fingerprint density at radius 1 is 1.43 bits per heavy atom. The SMILES string of the molecule is CC(C)NCc1cc(F)ccc1OCC(=O)NCC1CC1. The minimum Gasteiger partial charge on any atom is -0.483 e. The van der Waals surface area contributed by atoms with Crippen molar-refractivity contribution >= 4 is 5.91 Å². The van der Waals surface area contributed by atoms with Gasteiger partial charge < -0.3 is 15.4 Å². The number of hydrogen-bond donors (Lipinski definition) is 2. The van der Waals surface area contributed by atoms with Crippen LogP contribution >= 0.6 is 0 Å². The third-order valence-corrected chi connectivity index (χ3v) is 3.37. The molecule has 2 N–H and O–H groups in total. The molecule has 1 fully saturated rings. The summed E-state index contributed by atoms with van der Waals surface area (Å²) in [7, 11) is 0. The fourth-order valence-corrected chi connectivity index (χ4v) is 1.92. The second-order valence-electron chi connectivity index (χ2n) is 5.82. The highest BCUT2D eigenvalue weighted by molar-refractivity contribution is 5.77. The summed E-state index contributed by atoms with van der Waals surface area (Å²) in [4.78, 5) is 11.7. The predicted octanol–water partition coefficient (Wildman–Crippen LogP) is 2.23. The fraction of sp³-hybridized carbons (Fsp3) is 0.562. The lowest BCUT2D eigenvalue weighted by Gasteiger charge is -2.14. The van der Waals surface area contributed by atoms with Crippen LogP contribution in [0.1, 0.15) is 32.3 Å². The van der Waals surface area contributed by atoms with Crippen molar-refractivity contribution in [1.29, 1.82) is 0 Å². The number of ether oxygens (including phenoxy) is 1. The number of nitrogens with one attached hydrogen (secondary N) is 2. The number of rotatable bonds is 8. The van der Waals surface area contributed by atoms with Gasteiger partial charge in [-0.3, -0.25) is 4.79 Å². The molecule has 1 aromatic rings. The van der Waals surface area contributed by atoms with Gasteiger partial charge in [-0.05, 0) is 37.0 Å². The molecule has 1 amide bonds. The summed E-state index contributed by atoms with van der Waals surface area (Å²) in [5.41, 5.74) is 0.721. The molecule has 4 nitrogen and oxygen atoms in total. The first kappa shape index (κ1) is 15.8. The zero-order valence-electron chi connectivity index (χ0n) is 12.6. The number of carbonyl (C=O) groups excluding carboxylic acids is 1. The molecule has 21 heavy (non-hydrogen) atoms. The molecule has 0 spiro atoms. The monoisotopic (exact) mass is 294 g/mol. The quantitative estimate of drug-likeness (QED) is 0.773. The molecule has 1 aliphatic rings. The van der Waals surface area contributed by atoms with Crippen molar-refractivity contribution < 1.29 is 13.9 Å². The van der Waals surface area contributed by atoms with E-state index in [0.29, 0.717) is 24.3 Å². The van der Waals surface area contributed by atoms with Crippen LogP contribution in [0.5, 0.6) is 5.75 Å². The summed E-state index contributed by atoms with van der Waals surface area (Å²) in [6, 6.07) is 4.65. The van der Waals surface area contributed by atoms with Crippen molar-refractivity contribution in [1.82, 2.24) is 10.6 Å². The maximum Gasteiger partial charge on any atom is 0.257 e. The second kappa shape index (κ2) is 7.41. The number of hydrogen-bond acceptors (Lipinski definition) is 3. The van der Waals surface area contributed by atoms with Crippen molar-refractivity contribution in [3.63, 3.8) is 0 Å². The number of amides is 1. The average Bonchev–Trinajstić information content (AvgIpc) is 3.26.